The molecule has 1 aliphatic heterocycles. The number of ketones is 1. The number of carbonyl (C=O) groups is 2. The minimum Gasteiger partial charge on any atom is -0.465 e. The summed E-state index contributed by atoms with van der Waals surface area (Å²) in [4.78, 5) is 31.4. The number of carbonyl (C=O) groups excluding carboxylic acids is 2. The van der Waals surface area contributed by atoms with Gasteiger partial charge in [-0.2, -0.15) is 5.26 Å². The normalized spacial score (nSPS) is 18.2. The molecule has 196 valence electrons. The van der Waals surface area contributed by atoms with E-state index in [4.69, 9.17) is 16.6 Å². The summed E-state index contributed by atoms with van der Waals surface area (Å²) in [6, 6.07) is 21.4. The molecule has 0 bridgehead atoms. The maximum Gasteiger partial charge on any atom is 0.323 e. The number of esters is 1. The minimum absolute atomic E-state index is 0.0715. The van der Waals surface area contributed by atoms with Gasteiger partial charge in [-0.25, -0.2) is 6.57 Å². The van der Waals surface area contributed by atoms with Gasteiger partial charge in [-0.1, -0.05) is 60.7 Å². The fourth-order valence-corrected chi connectivity index (χ4v) is 4.25. The zero-order chi connectivity index (χ0) is 27.0. The first-order chi connectivity index (χ1) is 17.9. The summed E-state index contributed by atoms with van der Waals surface area (Å²) in [6.45, 7) is 16.0. The third-order valence-corrected chi connectivity index (χ3v) is 6.50. The second-order valence-electron chi connectivity index (χ2n) is 9.11. The third-order valence-electron chi connectivity index (χ3n) is 6.50. The van der Waals surface area contributed by atoms with Crippen molar-refractivity contribution in [2.75, 3.05) is 19.7 Å². The number of hydrogen-bond donors (Lipinski definition) is 0. The highest BCUT2D eigenvalue weighted by Crippen LogP contribution is 2.19. The SMILES string of the molecule is CCOC(=O)C(C)N(CCCC#N)Cc1ccccc1.[C-]#[N+]C1CCN(Cc2ccccc2)C(C)C1=O. The summed E-state index contributed by atoms with van der Waals surface area (Å²) in [6.07, 6.45) is 1.92. The van der Waals surface area contributed by atoms with Gasteiger partial charge in [0.15, 0.2) is 0 Å². The van der Waals surface area contributed by atoms with Crippen molar-refractivity contribution in [2.24, 2.45) is 0 Å². The van der Waals surface area contributed by atoms with E-state index in [0.29, 0.717) is 32.5 Å². The number of unbranched alkanes of at least 4 members (excludes halogenated alkanes) is 1. The number of nitrogens with zero attached hydrogens (tertiary/aromatic N) is 4. The Balaban J connectivity index is 0.000000263. The molecule has 1 heterocycles. The van der Waals surface area contributed by atoms with Crippen LogP contribution in [0, 0.1) is 17.9 Å². The molecule has 0 amide bonds. The molecule has 0 aromatic heterocycles. The molecule has 7 heteroatoms. The molecule has 0 N–H and O–H groups in total. The van der Waals surface area contributed by atoms with E-state index >= 15 is 0 Å². The van der Waals surface area contributed by atoms with Crippen molar-refractivity contribution in [3.05, 3.63) is 83.2 Å². The van der Waals surface area contributed by atoms with Crippen molar-refractivity contribution in [1.82, 2.24) is 9.80 Å². The van der Waals surface area contributed by atoms with E-state index in [1.165, 1.54) is 5.56 Å². The largest absolute Gasteiger partial charge is 0.465 e. The molecule has 7 nitrogen and oxygen atoms in total. The lowest BCUT2D eigenvalue weighted by atomic mass is 9.96. The summed E-state index contributed by atoms with van der Waals surface area (Å²) >= 11 is 0. The maximum atomic E-state index is 11.9. The van der Waals surface area contributed by atoms with Crippen LogP contribution < -0.4 is 0 Å². The highest BCUT2D eigenvalue weighted by Gasteiger charge is 2.37. The zero-order valence-corrected chi connectivity index (χ0v) is 22.2. The second kappa shape index (κ2) is 16.3. The molecule has 1 fully saturated rings. The third kappa shape index (κ3) is 9.80. The van der Waals surface area contributed by atoms with Crippen molar-refractivity contribution >= 4 is 11.8 Å². The van der Waals surface area contributed by atoms with Crippen LogP contribution in [0.3, 0.4) is 0 Å². The molecule has 1 saturated heterocycles. The second-order valence-corrected chi connectivity index (χ2v) is 9.11. The lowest BCUT2D eigenvalue weighted by Gasteiger charge is -2.32. The van der Waals surface area contributed by atoms with E-state index in [2.05, 4.69) is 32.8 Å². The zero-order valence-electron chi connectivity index (χ0n) is 22.2. The van der Waals surface area contributed by atoms with Crippen LogP contribution in [-0.4, -0.2) is 59.4 Å². The first kappa shape index (κ1) is 29.7. The number of hydrogen-bond acceptors (Lipinski definition) is 6. The van der Waals surface area contributed by atoms with Crippen LogP contribution in [-0.2, 0) is 27.4 Å². The molecule has 2 aromatic rings. The van der Waals surface area contributed by atoms with Gasteiger partial charge in [0.25, 0.3) is 6.04 Å². The van der Waals surface area contributed by atoms with Crippen LogP contribution in [0.15, 0.2) is 60.7 Å². The van der Waals surface area contributed by atoms with Gasteiger partial charge in [0, 0.05) is 39.0 Å². The fourth-order valence-electron chi connectivity index (χ4n) is 4.25. The van der Waals surface area contributed by atoms with Gasteiger partial charge in [-0.05, 0) is 38.3 Å². The average molecular weight is 503 g/mol. The van der Waals surface area contributed by atoms with Gasteiger partial charge in [-0.3, -0.25) is 19.4 Å². The van der Waals surface area contributed by atoms with Crippen molar-refractivity contribution < 1.29 is 14.3 Å². The smallest absolute Gasteiger partial charge is 0.323 e. The number of Topliss-reactive ketones (excluding diaryl/α,β-unsaturated/α-hetero) is 1. The lowest BCUT2D eigenvalue weighted by Crippen LogP contribution is -2.48. The minimum atomic E-state index is -0.419. The first-order valence-electron chi connectivity index (χ1n) is 12.9. The van der Waals surface area contributed by atoms with Gasteiger partial charge >= 0.3 is 5.97 Å². The standard InChI is InChI=1S/C16H22N2O2.C14H16N2O/c1-3-20-16(19)14(2)18(12-8-7-11-17)13-15-9-5-4-6-10-15;1-11-14(17)13(15-2)8-9-16(11)10-12-6-4-3-5-7-12/h4-6,9-10,14H,3,7-8,12-13H2,1-2H3;3-7,11,13H,8-10H2,1H3. The van der Waals surface area contributed by atoms with Crippen LogP contribution in [0.2, 0.25) is 0 Å². The summed E-state index contributed by atoms with van der Waals surface area (Å²) in [5.41, 5.74) is 2.37. The van der Waals surface area contributed by atoms with E-state index in [1.807, 2.05) is 69.3 Å². The molecule has 0 radical (unpaired) electrons. The maximum absolute atomic E-state index is 11.9. The highest BCUT2D eigenvalue weighted by molar-refractivity contribution is 5.90. The summed E-state index contributed by atoms with van der Waals surface area (Å²) in [7, 11) is 0. The molecule has 3 unspecified atom stereocenters. The average Bonchev–Trinajstić information content (AvgIpc) is 2.92. The Hall–Kier alpha value is -3.52. The Morgan fingerprint density at radius 3 is 2.38 bits per heavy atom. The van der Waals surface area contributed by atoms with Gasteiger partial charge in [0.2, 0.25) is 5.78 Å². The topological polar surface area (TPSA) is 78.0 Å². The fraction of sp³-hybridized carbons (Fsp3) is 0.467. The van der Waals surface area contributed by atoms with Crippen LogP contribution in [0.1, 0.15) is 51.2 Å². The Bertz CT molecular complexity index is 1050. The van der Waals surface area contributed by atoms with Crippen molar-refractivity contribution in [3.8, 4) is 6.07 Å². The molecule has 0 aliphatic carbocycles. The van der Waals surface area contributed by atoms with Gasteiger partial charge in [-0.15, -0.1) is 0 Å². The molecule has 0 saturated carbocycles. The highest BCUT2D eigenvalue weighted by atomic mass is 16.5. The predicted molar refractivity (Wildman–Crippen MR) is 144 cm³/mol. The quantitative estimate of drug-likeness (QED) is 0.262. The van der Waals surface area contributed by atoms with E-state index < -0.39 is 6.04 Å². The van der Waals surface area contributed by atoms with Gasteiger partial charge in [0.05, 0.1) is 18.7 Å². The number of rotatable bonds is 10. The van der Waals surface area contributed by atoms with Crippen molar-refractivity contribution in [1.29, 1.82) is 5.26 Å². The Morgan fingerprint density at radius 1 is 1.19 bits per heavy atom. The Kier molecular flexibility index (Phi) is 13.1. The molecule has 3 atom stereocenters. The molecule has 1 aliphatic rings. The molecule has 2 aromatic carbocycles. The van der Waals surface area contributed by atoms with Crippen molar-refractivity contribution in [3.63, 3.8) is 0 Å². The summed E-state index contributed by atoms with van der Waals surface area (Å²) in [5.74, 6) is -0.137. The molecular formula is C30H38N4O3. The van der Waals surface area contributed by atoms with Crippen molar-refractivity contribution in [2.45, 2.75) is 71.2 Å². The van der Waals surface area contributed by atoms with E-state index in [1.54, 1.807) is 0 Å². The van der Waals surface area contributed by atoms with Crippen LogP contribution in [0.25, 0.3) is 4.85 Å². The number of benzene rings is 2. The Labute approximate surface area is 221 Å². The van der Waals surface area contributed by atoms with Crippen LogP contribution in [0.4, 0.5) is 0 Å². The van der Waals surface area contributed by atoms with Gasteiger partial charge in [0.1, 0.15) is 6.04 Å². The van der Waals surface area contributed by atoms with Crippen LogP contribution >= 0.6 is 0 Å². The molecule has 3 rings (SSSR count). The Morgan fingerprint density at radius 2 is 1.81 bits per heavy atom. The van der Waals surface area contributed by atoms with E-state index in [9.17, 15) is 9.59 Å². The molecule has 0 spiro atoms. The van der Waals surface area contributed by atoms with Crippen LogP contribution in [0.5, 0.6) is 0 Å². The first-order valence-corrected chi connectivity index (χ1v) is 12.9. The lowest BCUT2D eigenvalue weighted by molar-refractivity contribution is -0.149. The summed E-state index contributed by atoms with van der Waals surface area (Å²) < 4.78 is 5.08. The molecule has 37 heavy (non-hydrogen) atoms. The molecular weight excluding hydrogens is 464 g/mol. The summed E-state index contributed by atoms with van der Waals surface area (Å²) in [5, 5.41) is 8.64. The number of likely N-dealkylation sites (tertiary alicyclic amines) is 1. The van der Waals surface area contributed by atoms with E-state index in [0.717, 1.165) is 25.1 Å². The number of nitriles is 1. The van der Waals surface area contributed by atoms with E-state index in [-0.39, 0.29) is 23.8 Å². The monoisotopic (exact) mass is 502 g/mol. The number of piperidine rings is 1. The van der Waals surface area contributed by atoms with Gasteiger partial charge < -0.3 is 9.58 Å². The number of ether oxygens (including phenoxy) is 1. The predicted octanol–water partition coefficient (Wildman–Crippen LogP) is 4.88.